The van der Waals surface area contributed by atoms with Crippen molar-refractivity contribution in [3.05, 3.63) is 41.2 Å². The third-order valence-corrected chi connectivity index (χ3v) is 1.84. The first-order valence-corrected chi connectivity index (χ1v) is 4.40. The highest BCUT2D eigenvalue weighted by atomic mass is 19.1. The highest BCUT2D eigenvalue weighted by Gasteiger charge is 2.11. The molecule has 0 heterocycles. The number of methoxy groups -OCH3 is 1. The minimum atomic E-state index is -0.771. The van der Waals surface area contributed by atoms with Gasteiger partial charge in [-0.3, -0.25) is 4.79 Å². The lowest BCUT2D eigenvalue weighted by molar-refractivity contribution is -0.113. The number of hydrogen-bond donors (Lipinski definition) is 1. The first-order chi connectivity index (χ1) is 7.54. The number of carbonyl (C=O) groups is 2. The summed E-state index contributed by atoms with van der Waals surface area (Å²) in [6.07, 6.45) is 2.50. The quantitative estimate of drug-likeness (QED) is 0.616. The molecule has 1 rings (SSSR count). The molecule has 0 saturated carbocycles. The zero-order valence-corrected chi connectivity index (χ0v) is 8.57. The summed E-state index contributed by atoms with van der Waals surface area (Å²) in [7, 11) is 1.16. The second-order valence-corrected chi connectivity index (χ2v) is 2.97. The minimum Gasteiger partial charge on any atom is -0.465 e. The first-order valence-electron chi connectivity index (χ1n) is 4.40. The van der Waals surface area contributed by atoms with Gasteiger partial charge < -0.3 is 10.5 Å². The molecule has 1 amide bonds. The van der Waals surface area contributed by atoms with Gasteiger partial charge in [-0.15, -0.1) is 0 Å². The van der Waals surface area contributed by atoms with Gasteiger partial charge in [0.1, 0.15) is 5.82 Å². The summed E-state index contributed by atoms with van der Waals surface area (Å²) in [5.74, 6) is -2.07. The fourth-order valence-corrected chi connectivity index (χ4v) is 1.09. The Morgan fingerprint density at radius 1 is 1.44 bits per heavy atom. The van der Waals surface area contributed by atoms with Crippen molar-refractivity contribution in [2.45, 2.75) is 0 Å². The highest BCUT2D eigenvalue weighted by Crippen LogP contribution is 2.12. The van der Waals surface area contributed by atoms with Crippen molar-refractivity contribution in [1.29, 1.82) is 0 Å². The van der Waals surface area contributed by atoms with Gasteiger partial charge in [-0.05, 0) is 23.8 Å². The molecule has 0 unspecified atom stereocenters. The molecule has 0 fully saturated rings. The number of amides is 1. The number of primary amides is 1. The predicted molar refractivity (Wildman–Crippen MR) is 56.0 cm³/mol. The van der Waals surface area contributed by atoms with Crippen LogP contribution in [0.1, 0.15) is 15.9 Å². The third-order valence-electron chi connectivity index (χ3n) is 1.84. The number of esters is 1. The molecule has 2 N–H and O–H groups in total. The Kier molecular flexibility index (Phi) is 3.77. The van der Waals surface area contributed by atoms with Crippen LogP contribution in [0.25, 0.3) is 6.08 Å². The molecule has 0 aliphatic heterocycles. The Bertz CT molecular complexity index is 455. The van der Waals surface area contributed by atoms with Gasteiger partial charge in [-0.2, -0.15) is 0 Å². The molecule has 4 nitrogen and oxygen atoms in total. The zero-order chi connectivity index (χ0) is 12.1. The number of nitrogens with two attached hydrogens (primary N) is 1. The summed E-state index contributed by atoms with van der Waals surface area (Å²) in [6.45, 7) is 0. The molecule has 0 aromatic heterocycles. The van der Waals surface area contributed by atoms with Crippen molar-refractivity contribution in [3.8, 4) is 0 Å². The summed E-state index contributed by atoms with van der Waals surface area (Å²) in [4.78, 5) is 21.6. The topological polar surface area (TPSA) is 69.4 Å². The molecule has 1 aromatic carbocycles. The molecule has 0 spiro atoms. The lowest BCUT2D eigenvalue weighted by Crippen LogP contribution is -2.06. The third kappa shape index (κ3) is 2.91. The largest absolute Gasteiger partial charge is 0.465 e. The molecule has 0 radical (unpaired) electrons. The van der Waals surface area contributed by atoms with E-state index in [0.29, 0.717) is 5.56 Å². The second-order valence-electron chi connectivity index (χ2n) is 2.97. The molecular formula is C11H10FNO3. The molecule has 0 aliphatic carbocycles. The number of ether oxygens (including phenoxy) is 1. The summed E-state index contributed by atoms with van der Waals surface area (Å²) >= 11 is 0. The van der Waals surface area contributed by atoms with E-state index in [-0.39, 0.29) is 5.56 Å². The number of benzene rings is 1. The van der Waals surface area contributed by atoms with Crippen LogP contribution >= 0.6 is 0 Å². The van der Waals surface area contributed by atoms with Crippen molar-refractivity contribution in [2.24, 2.45) is 5.73 Å². The molecule has 0 aliphatic rings. The van der Waals surface area contributed by atoms with E-state index in [0.717, 1.165) is 19.3 Å². The van der Waals surface area contributed by atoms with Gasteiger partial charge in [-0.1, -0.05) is 6.07 Å². The van der Waals surface area contributed by atoms with E-state index in [9.17, 15) is 14.0 Å². The summed E-state index contributed by atoms with van der Waals surface area (Å²) in [6, 6.07) is 3.81. The maximum absolute atomic E-state index is 13.2. The SMILES string of the molecule is COC(=O)c1cc(C=CC(N)=O)ccc1F. The molecule has 5 heteroatoms. The fourth-order valence-electron chi connectivity index (χ4n) is 1.09. The van der Waals surface area contributed by atoms with Crippen LogP contribution in [-0.2, 0) is 9.53 Å². The second kappa shape index (κ2) is 5.06. The van der Waals surface area contributed by atoms with Crippen LogP contribution < -0.4 is 5.73 Å². The number of carbonyl (C=O) groups excluding carboxylic acids is 2. The van der Waals surface area contributed by atoms with Crippen molar-refractivity contribution in [3.63, 3.8) is 0 Å². The van der Waals surface area contributed by atoms with Gasteiger partial charge in [0.15, 0.2) is 0 Å². The zero-order valence-electron chi connectivity index (χ0n) is 8.57. The molecule has 0 saturated heterocycles. The number of hydrogen-bond acceptors (Lipinski definition) is 3. The van der Waals surface area contributed by atoms with E-state index in [4.69, 9.17) is 5.73 Å². The maximum Gasteiger partial charge on any atom is 0.340 e. The van der Waals surface area contributed by atoms with Crippen LogP contribution in [-0.4, -0.2) is 19.0 Å². The van der Waals surface area contributed by atoms with Crippen LogP contribution in [0.15, 0.2) is 24.3 Å². The predicted octanol–water partition coefficient (Wildman–Crippen LogP) is 1.11. The van der Waals surface area contributed by atoms with Crippen molar-refractivity contribution in [2.75, 3.05) is 7.11 Å². The van der Waals surface area contributed by atoms with Crippen LogP contribution in [0, 0.1) is 5.82 Å². The Morgan fingerprint density at radius 3 is 2.69 bits per heavy atom. The monoisotopic (exact) mass is 223 g/mol. The maximum atomic E-state index is 13.2. The highest BCUT2D eigenvalue weighted by molar-refractivity contribution is 5.92. The van der Waals surface area contributed by atoms with Crippen LogP contribution in [0.2, 0.25) is 0 Å². The van der Waals surface area contributed by atoms with E-state index in [2.05, 4.69) is 4.74 Å². The average molecular weight is 223 g/mol. The standard InChI is InChI=1S/C11H10FNO3/c1-16-11(15)8-6-7(2-4-9(8)12)3-5-10(13)14/h2-6H,1H3,(H2,13,14). The lowest BCUT2D eigenvalue weighted by Gasteiger charge is -2.02. The molecule has 16 heavy (non-hydrogen) atoms. The Hall–Kier alpha value is -2.17. The van der Waals surface area contributed by atoms with Gasteiger partial charge in [0.2, 0.25) is 5.91 Å². The van der Waals surface area contributed by atoms with Crippen LogP contribution in [0.3, 0.4) is 0 Å². The van der Waals surface area contributed by atoms with Gasteiger partial charge >= 0.3 is 5.97 Å². The molecule has 0 atom stereocenters. The molecule has 84 valence electrons. The Balaban J connectivity index is 3.07. The number of rotatable bonds is 3. The van der Waals surface area contributed by atoms with Crippen molar-refractivity contribution < 1.29 is 18.7 Å². The van der Waals surface area contributed by atoms with E-state index >= 15 is 0 Å². The summed E-state index contributed by atoms with van der Waals surface area (Å²) < 4.78 is 17.6. The molecular weight excluding hydrogens is 213 g/mol. The normalized spacial score (nSPS) is 10.4. The van der Waals surface area contributed by atoms with Crippen LogP contribution in [0.5, 0.6) is 0 Å². The Morgan fingerprint density at radius 2 is 2.12 bits per heavy atom. The van der Waals surface area contributed by atoms with Gasteiger partial charge in [0, 0.05) is 6.08 Å². The van der Waals surface area contributed by atoms with Crippen molar-refractivity contribution >= 4 is 18.0 Å². The average Bonchev–Trinajstić information content (AvgIpc) is 2.27. The van der Waals surface area contributed by atoms with Gasteiger partial charge in [-0.25, -0.2) is 9.18 Å². The van der Waals surface area contributed by atoms with Crippen molar-refractivity contribution in [1.82, 2.24) is 0 Å². The van der Waals surface area contributed by atoms with E-state index in [1.54, 1.807) is 0 Å². The minimum absolute atomic E-state index is 0.186. The van der Waals surface area contributed by atoms with E-state index < -0.39 is 17.7 Å². The van der Waals surface area contributed by atoms with Gasteiger partial charge in [0.05, 0.1) is 12.7 Å². The summed E-state index contributed by atoms with van der Waals surface area (Å²) in [5.41, 5.74) is 5.20. The Labute approximate surface area is 91.5 Å². The number of halogens is 1. The molecule has 1 aromatic rings. The van der Waals surface area contributed by atoms with Gasteiger partial charge in [0.25, 0.3) is 0 Å². The first kappa shape index (κ1) is 11.9. The smallest absolute Gasteiger partial charge is 0.340 e. The van der Waals surface area contributed by atoms with E-state index in [1.165, 1.54) is 18.2 Å². The lowest BCUT2D eigenvalue weighted by atomic mass is 10.1. The summed E-state index contributed by atoms with van der Waals surface area (Å²) in [5, 5.41) is 0. The fraction of sp³-hybridized carbons (Fsp3) is 0.0909. The van der Waals surface area contributed by atoms with E-state index in [1.807, 2.05) is 0 Å². The van der Waals surface area contributed by atoms with Crippen LogP contribution in [0.4, 0.5) is 4.39 Å². The molecule has 0 bridgehead atoms.